The van der Waals surface area contributed by atoms with E-state index in [1.165, 1.54) is 7.11 Å². The van der Waals surface area contributed by atoms with Gasteiger partial charge in [0.1, 0.15) is 11.6 Å². The first-order valence-electron chi connectivity index (χ1n) is 7.02. The van der Waals surface area contributed by atoms with Crippen LogP contribution in [-0.2, 0) is 4.74 Å². The van der Waals surface area contributed by atoms with Crippen LogP contribution in [0.5, 0.6) is 5.75 Å². The highest BCUT2D eigenvalue weighted by Crippen LogP contribution is 2.24. The Hall–Kier alpha value is -2.82. The van der Waals surface area contributed by atoms with E-state index in [9.17, 15) is 4.79 Å². The minimum Gasteiger partial charge on any atom is -0.494 e. The third kappa shape index (κ3) is 2.65. The lowest BCUT2D eigenvalue weighted by molar-refractivity contribution is 0.0601. The number of aromatic amines is 1. The molecule has 5 heteroatoms. The van der Waals surface area contributed by atoms with Crippen molar-refractivity contribution in [2.75, 3.05) is 13.7 Å². The Morgan fingerprint density at radius 3 is 2.86 bits per heavy atom. The summed E-state index contributed by atoms with van der Waals surface area (Å²) in [4.78, 5) is 19.4. The van der Waals surface area contributed by atoms with Gasteiger partial charge < -0.3 is 14.5 Å². The molecule has 5 nitrogen and oxygen atoms in total. The number of fused-ring (bicyclic) bond motifs is 1. The highest BCUT2D eigenvalue weighted by Gasteiger charge is 2.10. The normalized spacial score (nSPS) is 10.6. The standard InChI is InChI=1S/C17H16N2O3/c1-3-22-13-6-4-5-11(9-13)16-18-14-8-7-12(17(20)21-2)10-15(14)19-16/h4-10H,3H2,1-2H3,(H,18,19). The van der Waals surface area contributed by atoms with Crippen molar-refractivity contribution in [1.29, 1.82) is 0 Å². The van der Waals surface area contributed by atoms with Crippen molar-refractivity contribution in [2.24, 2.45) is 0 Å². The van der Waals surface area contributed by atoms with E-state index < -0.39 is 0 Å². The fraction of sp³-hybridized carbons (Fsp3) is 0.176. The van der Waals surface area contributed by atoms with E-state index in [4.69, 9.17) is 9.47 Å². The molecule has 0 amide bonds. The molecule has 0 spiro atoms. The number of methoxy groups -OCH3 is 1. The van der Waals surface area contributed by atoms with E-state index in [1.54, 1.807) is 18.2 Å². The Kier molecular flexibility index (Phi) is 3.78. The number of hydrogen-bond donors (Lipinski definition) is 1. The zero-order chi connectivity index (χ0) is 15.5. The lowest BCUT2D eigenvalue weighted by Gasteiger charge is -2.03. The summed E-state index contributed by atoms with van der Waals surface area (Å²) in [6, 6.07) is 13.0. The van der Waals surface area contributed by atoms with Gasteiger partial charge in [-0.05, 0) is 37.3 Å². The maximum absolute atomic E-state index is 11.6. The molecule has 0 saturated carbocycles. The molecule has 1 aromatic heterocycles. The molecule has 112 valence electrons. The highest BCUT2D eigenvalue weighted by molar-refractivity contribution is 5.94. The molecule has 0 aliphatic rings. The van der Waals surface area contributed by atoms with Crippen LogP contribution in [0.15, 0.2) is 42.5 Å². The molecule has 0 radical (unpaired) electrons. The Morgan fingerprint density at radius 1 is 1.23 bits per heavy atom. The Bertz CT molecular complexity index is 824. The summed E-state index contributed by atoms with van der Waals surface area (Å²) in [5.74, 6) is 1.17. The summed E-state index contributed by atoms with van der Waals surface area (Å²) in [5.41, 5.74) is 3.01. The number of aromatic nitrogens is 2. The minimum atomic E-state index is -0.364. The number of esters is 1. The number of rotatable bonds is 4. The van der Waals surface area contributed by atoms with Gasteiger partial charge in [-0.15, -0.1) is 0 Å². The lowest BCUT2D eigenvalue weighted by Crippen LogP contribution is -2.00. The maximum atomic E-state index is 11.6. The lowest BCUT2D eigenvalue weighted by atomic mass is 10.2. The number of hydrogen-bond acceptors (Lipinski definition) is 4. The molecule has 3 aromatic rings. The summed E-state index contributed by atoms with van der Waals surface area (Å²) in [6.07, 6.45) is 0. The third-order valence-corrected chi connectivity index (χ3v) is 3.32. The molecule has 0 atom stereocenters. The first-order chi connectivity index (χ1) is 10.7. The SMILES string of the molecule is CCOc1cccc(-c2nc3ccc(C(=O)OC)cc3[nH]2)c1. The summed E-state index contributed by atoms with van der Waals surface area (Å²) >= 11 is 0. The number of nitrogens with zero attached hydrogens (tertiary/aromatic N) is 1. The Balaban J connectivity index is 2.01. The van der Waals surface area contributed by atoms with Gasteiger partial charge in [0.2, 0.25) is 0 Å². The van der Waals surface area contributed by atoms with E-state index in [2.05, 4.69) is 9.97 Å². The summed E-state index contributed by atoms with van der Waals surface area (Å²) in [7, 11) is 1.37. The van der Waals surface area contributed by atoms with Crippen LogP contribution in [0.25, 0.3) is 22.4 Å². The average Bonchev–Trinajstić information content (AvgIpc) is 2.98. The first-order valence-corrected chi connectivity index (χ1v) is 7.02. The molecule has 2 aromatic carbocycles. The molecule has 1 heterocycles. The van der Waals surface area contributed by atoms with E-state index >= 15 is 0 Å². The predicted octanol–water partition coefficient (Wildman–Crippen LogP) is 3.42. The fourth-order valence-electron chi connectivity index (χ4n) is 2.29. The fourth-order valence-corrected chi connectivity index (χ4v) is 2.29. The number of carbonyl (C=O) groups excluding carboxylic acids is 1. The zero-order valence-electron chi connectivity index (χ0n) is 12.4. The highest BCUT2D eigenvalue weighted by atomic mass is 16.5. The molecule has 0 saturated heterocycles. The van der Waals surface area contributed by atoms with Crippen molar-refractivity contribution < 1.29 is 14.3 Å². The Morgan fingerprint density at radius 2 is 2.09 bits per heavy atom. The molecule has 1 N–H and O–H groups in total. The molecule has 22 heavy (non-hydrogen) atoms. The van der Waals surface area contributed by atoms with Gasteiger partial charge in [0.15, 0.2) is 0 Å². The largest absolute Gasteiger partial charge is 0.494 e. The van der Waals surface area contributed by atoms with Crippen LogP contribution >= 0.6 is 0 Å². The van der Waals surface area contributed by atoms with Crippen LogP contribution in [0.4, 0.5) is 0 Å². The van der Waals surface area contributed by atoms with E-state index in [0.29, 0.717) is 12.2 Å². The third-order valence-electron chi connectivity index (χ3n) is 3.32. The van der Waals surface area contributed by atoms with Crippen LogP contribution in [0, 0.1) is 0 Å². The molecular formula is C17H16N2O3. The number of nitrogens with one attached hydrogen (secondary N) is 1. The van der Waals surface area contributed by atoms with Crippen LogP contribution in [0.3, 0.4) is 0 Å². The molecule has 0 aliphatic carbocycles. The molecule has 0 aliphatic heterocycles. The van der Waals surface area contributed by atoms with Gasteiger partial charge in [0.05, 0.1) is 30.3 Å². The number of H-pyrrole nitrogens is 1. The van der Waals surface area contributed by atoms with Crippen molar-refractivity contribution in [3.8, 4) is 17.1 Å². The van der Waals surface area contributed by atoms with E-state index in [1.807, 2.05) is 31.2 Å². The number of imidazole rings is 1. The topological polar surface area (TPSA) is 64.2 Å². The number of carbonyl (C=O) groups is 1. The summed E-state index contributed by atoms with van der Waals surface area (Å²) in [5, 5.41) is 0. The van der Waals surface area contributed by atoms with Crippen molar-refractivity contribution in [2.45, 2.75) is 6.92 Å². The second-order valence-electron chi connectivity index (χ2n) is 4.77. The van der Waals surface area contributed by atoms with Crippen molar-refractivity contribution in [3.63, 3.8) is 0 Å². The van der Waals surface area contributed by atoms with Gasteiger partial charge in [-0.2, -0.15) is 0 Å². The van der Waals surface area contributed by atoms with Gasteiger partial charge in [-0.3, -0.25) is 0 Å². The zero-order valence-corrected chi connectivity index (χ0v) is 12.4. The molecule has 3 rings (SSSR count). The van der Waals surface area contributed by atoms with Crippen molar-refractivity contribution in [3.05, 3.63) is 48.0 Å². The van der Waals surface area contributed by atoms with Gasteiger partial charge in [0.25, 0.3) is 0 Å². The monoisotopic (exact) mass is 296 g/mol. The van der Waals surface area contributed by atoms with Crippen LogP contribution in [-0.4, -0.2) is 29.7 Å². The van der Waals surface area contributed by atoms with Crippen LogP contribution < -0.4 is 4.74 Å². The maximum Gasteiger partial charge on any atom is 0.337 e. The van der Waals surface area contributed by atoms with Gasteiger partial charge in [0, 0.05) is 5.56 Å². The minimum absolute atomic E-state index is 0.364. The molecular weight excluding hydrogens is 280 g/mol. The summed E-state index contributed by atoms with van der Waals surface area (Å²) in [6.45, 7) is 2.56. The predicted molar refractivity (Wildman–Crippen MR) is 84.0 cm³/mol. The average molecular weight is 296 g/mol. The quantitative estimate of drug-likeness (QED) is 0.749. The van der Waals surface area contributed by atoms with E-state index in [0.717, 1.165) is 28.2 Å². The van der Waals surface area contributed by atoms with Gasteiger partial charge in [-0.1, -0.05) is 12.1 Å². The molecule has 0 fully saturated rings. The first kappa shape index (κ1) is 14.1. The smallest absolute Gasteiger partial charge is 0.337 e. The number of ether oxygens (including phenoxy) is 2. The van der Waals surface area contributed by atoms with E-state index in [-0.39, 0.29) is 5.97 Å². The van der Waals surface area contributed by atoms with Crippen molar-refractivity contribution >= 4 is 17.0 Å². The summed E-state index contributed by atoms with van der Waals surface area (Å²) < 4.78 is 10.2. The Labute approximate surface area is 127 Å². The molecule has 0 bridgehead atoms. The number of benzene rings is 2. The second kappa shape index (κ2) is 5.89. The second-order valence-corrected chi connectivity index (χ2v) is 4.77. The molecule has 0 unspecified atom stereocenters. The van der Waals surface area contributed by atoms with Crippen molar-refractivity contribution in [1.82, 2.24) is 9.97 Å². The van der Waals surface area contributed by atoms with Crippen LogP contribution in [0.2, 0.25) is 0 Å². The van der Waals surface area contributed by atoms with Gasteiger partial charge in [-0.25, -0.2) is 9.78 Å². The van der Waals surface area contributed by atoms with Crippen LogP contribution in [0.1, 0.15) is 17.3 Å². The van der Waals surface area contributed by atoms with Gasteiger partial charge >= 0.3 is 5.97 Å².